The van der Waals surface area contributed by atoms with Gasteiger partial charge in [0.2, 0.25) is 0 Å². The van der Waals surface area contributed by atoms with Gasteiger partial charge in [-0.05, 0) is 29.8 Å². The summed E-state index contributed by atoms with van der Waals surface area (Å²) in [5.41, 5.74) is 2.38. The molecule has 1 heterocycles. The fraction of sp³-hybridized carbons (Fsp3) is 0.0556. The SMILES string of the molecule is N#Cc1ccc(CSc2ccccc2C(=O)Nc2nccs2)cc1. The minimum Gasteiger partial charge on any atom is -0.298 e. The van der Waals surface area contributed by atoms with Crippen molar-refractivity contribution in [3.63, 3.8) is 0 Å². The summed E-state index contributed by atoms with van der Waals surface area (Å²) in [5, 5.41) is 14.1. The Morgan fingerprint density at radius 2 is 2.00 bits per heavy atom. The van der Waals surface area contributed by atoms with Crippen LogP contribution in [-0.4, -0.2) is 10.9 Å². The number of nitriles is 1. The molecule has 0 saturated carbocycles. The zero-order chi connectivity index (χ0) is 16.8. The number of amides is 1. The van der Waals surface area contributed by atoms with Gasteiger partial charge in [0.25, 0.3) is 5.91 Å². The number of carbonyl (C=O) groups excluding carboxylic acids is 1. The van der Waals surface area contributed by atoms with Crippen LogP contribution in [0.3, 0.4) is 0 Å². The molecule has 3 rings (SSSR count). The molecule has 0 atom stereocenters. The van der Waals surface area contributed by atoms with Gasteiger partial charge < -0.3 is 0 Å². The molecule has 0 spiro atoms. The van der Waals surface area contributed by atoms with Crippen LogP contribution in [0.4, 0.5) is 5.13 Å². The maximum absolute atomic E-state index is 12.4. The number of aromatic nitrogens is 1. The van der Waals surface area contributed by atoms with Crippen molar-refractivity contribution in [1.29, 1.82) is 5.26 Å². The van der Waals surface area contributed by atoms with Crippen molar-refractivity contribution in [3.05, 3.63) is 76.8 Å². The first kappa shape index (κ1) is 16.2. The molecule has 4 nitrogen and oxygen atoms in total. The summed E-state index contributed by atoms with van der Waals surface area (Å²) in [6, 6.07) is 17.1. The molecule has 0 fully saturated rings. The molecule has 1 amide bonds. The average molecular weight is 351 g/mol. The minimum atomic E-state index is -0.159. The van der Waals surface area contributed by atoms with Gasteiger partial charge >= 0.3 is 0 Å². The highest BCUT2D eigenvalue weighted by Gasteiger charge is 2.12. The Morgan fingerprint density at radius 3 is 2.71 bits per heavy atom. The first-order chi connectivity index (χ1) is 11.8. The van der Waals surface area contributed by atoms with E-state index in [1.165, 1.54) is 11.3 Å². The summed E-state index contributed by atoms with van der Waals surface area (Å²) in [6.45, 7) is 0. The second-order valence-electron chi connectivity index (χ2n) is 4.88. The smallest absolute Gasteiger partial charge is 0.258 e. The summed E-state index contributed by atoms with van der Waals surface area (Å²) in [4.78, 5) is 17.4. The molecule has 0 unspecified atom stereocenters. The molecule has 1 aromatic heterocycles. The van der Waals surface area contributed by atoms with Crippen molar-refractivity contribution in [2.75, 3.05) is 5.32 Å². The van der Waals surface area contributed by atoms with Crippen LogP contribution in [-0.2, 0) is 5.75 Å². The van der Waals surface area contributed by atoms with E-state index in [2.05, 4.69) is 16.4 Å². The number of thiazole rings is 1. The van der Waals surface area contributed by atoms with Crippen LogP contribution in [0.2, 0.25) is 0 Å². The average Bonchev–Trinajstić information content (AvgIpc) is 3.13. The Hall–Kier alpha value is -2.62. The van der Waals surface area contributed by atoms with Gasteiger partial charge in [-0.3, -0.25) is 10.1 Å². The van der Waals surface area contributed by atoms with E-state index in [0.717, 1.165) is 16.2 Å². The fourth-order valence-electron chi connectivity index (χ4n) is 2.07. The van der Waals surface area contributed by atoms with Gasteiger partial charge in [-0.2, -0.15) is 5.26 Å². The number of benzene rings is 2. The van der Waals surface area contributed by atoms with Crippen molar-refractivity contribution < 1.29 is 4.79 Å². The third-order valence-electron chi connectivity index (χ3n) is 3.26. The number of nitrogens with one attached hydrogen (secondary N) is 1. The quantitative estimate of drug-likeness (QED) is 0.684. The van der Waals surface area contributed by atoms with E-state index in [1.807, 2.05) is 41.8 Å². The Kier molecular flexibility index (Phi) is 5.26. The first-order valence-electron chi connectivity index (χ1n) is 7.18. The van der Waals surface area contributed by atoms with Crippen LogP contribution in [0, 0.1) is 11.3 Å². The zero-order valence-electron chi connectivity index (χ0n) is 12.6. The van der Waals surface area contributed by atoms with Crippen LogP contribution in [0.15, 0.2) is 65.0 Å². The lowest BCUT2D eigenvalue weighted by Crippen LogP contribution is -2.12. The lowest BCUT2D eigenvalue weighted by atomic mass is 10.2. The number of rotatable bonds is 5. The third-order valence-corrected chi connectivity index (χ3v) is 5.10. The highest BCUT2D eigenvalue weighted by molar-refractivity contribution is 7.98. The van der Waals surface area contributed by atoms with Gasteiger partial charge in [0, 0.05) is 22.2 Å². The number of carbonyl (C=O) groups is 1. The zero-order valence-corrected chi connectivity index (χ0v) is 14.2. The predicted molar refractivity (Wildman–Crippen MR) is 97.2 cm³/mol. The molecule has 0 aliphatic heterocycles. The monoisotopic (exact) mass is 351 g/mol. The molecule has 0 aliphatic rings. The molecular weight excluding hydrogens is 338 g/mol. The normalized spacial score (nSPS) is 10.1. The van der Waals surface area contributed by atoms with E-state index < -0.39 is 0 Å². The van der Waals surface area contributed by atoms with Gasteiger partial charge in [0.05, 0.1) is 17.2 Å². The third kappa shape index (κ3) is 4.02. The summed E-state index contributed by atoms with van der Waals surface area (Å²) >= 11 is 2.98. The number of hydrogen-bond donors (Lipinski definition) is 1. The standard InChI is InChI=1S/C18H13N3OS2/c19-11-13-5-7-14(8-6-13)12-24-16-4-2-1-3-15(16)17(22)21-18-20-9-10-23-18/h1-10H,12H2,(H,20,21,22). The summed E-state index contributed by atoms with van der Waals surface area (Å²) in [7, 11) is 0. The molecule has 0 saturated heterocycles. The van der Waals surface area contributed by atoms with E-state index >= 15 is 0 Å². The van der Waals surface area contributed by atoms with E-state index in [1.54, 1.807) is 30.1 Å². The van der Waals surface area contributed by atoms with Crippen LogP contribution < -0.4 is 5.32 Å². The molecule has 2 aromatic carbocycles. The Bertz CT molecular complexity index is 868. The lowest BCUT2D eigenvalue weighted by Gasteiger charge is -2.08. The number of hydrogen-bond acceptors (Lipinski definition) is 5. The van der Waals surface area contributed by atoms with Crippen LogP contribution in [0.25, 0.3) is 0 Å². The van der Waals surface area contributed by atoms with Crippen molar-refractivity contribution in [2.45, 2.75) is 10.6 Å². The van der Waals surface area contributed by atoms with E-state index in [0.29, 0.717) is 16.3 Å². The Labute approximate surface area is 148 Å². The van der Waals surface area contributed by atoms with Crippen molar-refractivity contribution in [1.82, 2.24) is 4.98 Å². The fourth-order valence-corrected chi connectivity index (χ4v) is 3.60. The lowest BCUT2D eigenvalue weighted by molar-refractivity contribution is 0.102. The molecule has 118 valence electrons. The molecule has 0 radical (unpaired) electrons. The largest absolute Gasteiger partial charge is 0.298 e. The van der Waals surface area contributed by atoms with E-state index in [-0.39, 0.29) is 5.91 Å². The highest BCUT2D eigenvalue weighted by atomic mass is 32.2. The second-order valence-corrected chi connectivity index (χ2v) is 6.80. The van der Waals surface area contributed by atoms with Crippen molar-refractivity contribution in [3.8, 4) is 6.07 Å². The minimum absolute atomic E-state index is 0.159. The number of anilines is 1. The van der Waals surface area contributed by atoms with Gasteiger partial charge in [0.1, 0.15) is 0 Å². The first-order valence-corrected chi connectivity index (χ1v) is 9.04. The van der Waals surface area contributed by atoms with Gasteiger partial charge in [-0.1, -0.05) is 24.3 Å². The van der Waals surface area contributed by atoms with Crippen LogP contribution in [0.5, 0.6) is 0 Å². The van der Waals surface area contributed by atoms with Gasteiger partial charge in [0.15, 0.2) is 5.13 Å². The molecular formula is C18H13N3OS2. The molecule has 1 N–H and O–H groups in total. The highest BCUT2D eigenvalue weighted by Crippen LogP contribution is 2.27. The predicted octanol–water partition coefficient (Wildman–Crippen LogP) is 4.56. The van der Waals surface area contributed by atoms with E-state index in [9.17, 15) is 4.79 Å². The maximum Gasteiger partial charge on any atom is 0.258 e. The van der Waals surface area contributed by atoms with Gasteiger partial charge in [-0.15, -0.1) is 23.1 Å². The van der Waals surface area contributed by atoms with Crippen LogP contribution in [0.1, 0.15) is 21.5 Å². The second kappa shape index (κ2) is 7.77. The topological polar surface area (TPSA) is 65.8 Å². The molecule has 0 aliphatic carbocycles. The Morgan fingerprint density at radius 1 is 1.21 bits per heavy atom. The molecule has 6 heteroatoms. The van der Waals surface area contributed by atoms with Crippen molar-refractivity contribution >= 4 is 34.1 Å². The summed E-state index contributed by atoms with van der Waals surface area (Å²) in [5.74, 6) is 0.570. The van der Waals surface area contributed by atoms with Crippen molar-refractivity contribution in [2.24, 2.45) is 0 Å². The summed E-state index contributed by atoms with van der Waals surface area (Å²) < 4.78 is 0. The van der Waals surface area contributed by atoms with Gasteiger partial charge in [-0.25, -0.2) is 4.98 Å². The molecule has 0 bridgehead atoms. The van der Waals surface area contributed by atoms with E-state index in [4.69, 9.17) is 5.26 Å². The summed E-state index contributed by atoms with van der Waals surface area (Å²) in [6.07, 6.45) is 1.66. The Balaban J connectivity index is 1.71. The maximum atomic E-state index is 12.4. The molecule has 24 heavy (non-hydrogen) atoms. The van der Waals surface area contributed by atoms with Crippen LogP contribution >= 0.6 is 23.1 Å². The number of thioether (sulfide) groups is 1. The number of nitrogens with zero attached hydrogens (tertiary/aromatic N) is 2. The molecule has 3 aromatic rings.